The number of carbonyl (C=O) groups is 1. The van der Waals surface area contributed by atoms with E-state index in [4.69, 9.17) is 28.3 Å². The van der Waals surface area contributed by atoms with Crippen molar-refractivity contribution >= 4 is 39.0 Å². The minimum Gasteiger partial charge on any atom is -0.507 e. The summed E-state index contributed by atoms with van der Waals surface area (Å²) >= 11 is 11.6. The molecule has 116 valence electrons. The molecule has 0 radical (unpaired) electrons. The molecule has 2 aromatic rings. The molecule has 8 heteroatoms. The first kappa shape index (κ1) is 16.6. The van der Waals surface area contributed by atoms with Crippen LogP contribution in [0.4, 0.5) is 0 Å². The molecule has 0 aromatic heterocycles. The molecule has 2 rings (SSSR count). The second-order valence-corrected chi connectivity index (χ2v) is 7.38. The molecule has 0 fully saturated rings. The van der Waals surface area contributed by atoms with Gasteiger partial charge in [0.1, 0.15) is 11.3 Å². The number of hydrogen-bond acceptors (Lipinski definition) is 4. The highest BCUT2D eigenvalue weighted by atomic mass is 35.5. The van der Waals surface area contributed by atoms with Gasteiger partial charge in [0.05, 0.1) is 10.6 Å². The van der Waals surface area contributed by atoms with E-state index in [-0.39, 0.29) is 26.1 Å². The minimum absolute atomic E-state index is 0.0493. The Labute approximate surface area is 136 Å². The van der Waals surface area contributed by atoms with E-state index in [0.29, 0.717) is 0 Å². The van der Waals surface area contributed by atoms with Gasteiger partial charge in [-0.2, -0.15) is 0 Å². The molecular formula is C14H10Cl2O5S. The molecule has 0 saturated heterocycles. The van der Waals surface area contributed by atoms with Crippen LogP contribution in [0.5, 0.6) is 5.75 Å². The summed E-state index contributed by atoms with van der Waals surface area (Å²) in [7, 11) is -3.74. The van der Waals surface area contributed by atoms with Gasteiger partial charge in [0, 0.05) is 10.0 Å². The normalized spacial score (nSPS) is 11.4. The molecule has 0 bridgehead atoms. The van der Waals surface area contributed by atoms with Crippen molar-refractivity contribution in [3.63, 3.8) is 0 Å². The maximum Gasteiger partial charge on any atom is 0.339 e. The fourth-order valence-corrected chi connectivity index (χ4v) is 3.91. The van der Waals surface area contributed by atoms with Crippen LogP contribution in [0.3, 0.4) is 0 Å². The number of carboxylic acids is 1. The summed E-state index contributed by atoms with van der Waals surface area (Å²) in [5, 5.41) is 18.8. The zero-order valence-corrected chi connectivity index (χ0v) is 13.3. The third-order valence-corrected chi connectivity index (χ3v) is 4.95. The minimum atomic E-state index is -3.74. The van der Waals surface area contributed by atoms with Crippen molar-refractivity contribution < 1.29 is 23.4 Å². The van der Waals surface area contributed by atoms with Crippen LogP contribution < -0.4 is 0 Å². The number of rotatable bonds is 4. The van der Waals surface area contributed by atoms with Crippen LogP contribution in [0.15, 0.2) is 41.3 Å². The SMILES string of the molecule is O=C(O)c1ccc(CS(=O)(=O)c2cc(Cl)cc(Cl)c2)cc1O. The highest BCUT2D eigenvalue weighted by Gasteiger charge is 2.18. The van der Waals surface area contributed by atoms with Gasteiger partial charge in [0.15, 0.2) is 9.84 Å². The van der Waals surface area contributed by atoms with Crippen molar-refractivity contribution in [1.82, 2.24) is 0 Å². The first-order chi connectivity index (χ1) is 10.2. The van der Waals surface area contributed by atoms with Crippen LogP contribution in [-0.2, 0) is 15.6 Å². The summed E-state index contributed by atoms with van der Waals surface area (Å²) in [6.45, 7) is 0. The summed E-state index contributed by atoms with van der Waals surface area (Å²) in [5.74, 6) is -2.21. The number of hydrogen-bond donors (Lipinski definition) is 2. The van der Waals surface area contributed by atoms with E-state index in [0.717, 1.165) is 12.1 Å². The second-order valence-electron chi connectivity index (χ2n) is 4.52. The molecule has 0 unspecified atom stereocenters. The van der Waals surface area contributed by atoms with E-state index in [1.54, 1.807) is 0 Å². The number of halogens is 2. The summed E-state index contributed by atoms with van der Waals surface area (Å²) in [5.41, 5.74) is -0.0504. The number of aromatic hydroxyl groups is 1. The van der Waals surface area contributed by atoms with Crippen LogP contribution in [0, 0.1) is 0 Å². The molecule has 2 N–H and O–H groups in total. The lowest BCUT2D eigenvalue weighted by atomic mass is 10.1. The molecule has 0 amide bonds. The van der Waals surface area contributed by atoms with Crippen molar-refractivity contribution in [3.8, 4) is 5.75 Å². The lowest BCUT2D eigenvalue weighted by Crippen LogP contribution is -2.06. The average molecular weight is 361 g/mol. The van der Waals surface area contributed by atoms with Crippen molar-refractivity contribution in [2.45, 2.75) is 10.6 Å². The highest BCUT2D eigenvalue weighted by molar-refractivity contribution is 7.90. The summed E-state index contributed by atoms with van der Waals surface area (Å²) in [4.78, 5) is 10.8. The molecule has 0 aliphatic rings. The molecular weight excluding hydrogens is 351 g/mol. The van der Waals surface area contributed by atoms with E-state index in [1.807, 2.05) is 0 Å². The Balaban J connectivity index is 2.36. The van der Waals surface area contributed by atoms with Crippen LogP contribution in [-0.4, -0.2) is 24.6 Å². The fourth-order valence-electron chi connectivity index (χ4n) is 1.86. The maximum absolute atomic E-state index is 12.3. The van der Waals surface area contributed by atoms with Crippen LogP contribution in [0.25, 0.3) is 0 Å². The van der Waals surface area contributed by atoms with Gasteiger partial charge in [0.25, 0.3) is 0 Å². The topological polar surface area (TPSA) is 91.7 Å². The van der Waals surface area contributed by atoms with E-state index >= 15 is 0 Å². The quantitative estimate of drug-likeness (QED) is 0.871. The lowest BCUT2D eigenvalue weighted by Gasteiger charge is -2.07. The Morgan fingerprint density at radius 3 is 2.14 bits per heavy atom. The Morgan fingerprint density at radius 1 is 1.05 bits per heavy atom. The Hall–Kier alpha value is -1.76. The van der Waals surface area contributed by atoms with Crippen LogP contribution >= 0.6 is 23.2 Å². The van der Waals surface area contributed by atoms with Crippen LogP contribution in [0.2, 0.25) is 10.0 Å². The molecule has 2 aromatic carbocycles. The van der Waals surface area contributed by atoms with Gasteiger partial charge in [-0.25, -0.2) is 13.2 Å². The maximum atomic E-state index is 12.3. The zero-order valence-electron chi connectivity index (χ0n) is 11.0. The summed E-state index contributed by atoms with van der Waals surface area (Å²) < 4.78 is 24.6. The van der Waals surface area contributed by atoms with Crippen molar-refractivity contribution in [2.24, 2.45) is 0 Å². The molecule has 22 heavy (non-hydrogen) atoms. The number of carboxylic acid groups (broad SMARTS) is 1. The molecule has 0 aliphatic heterocycles. The predicted octanol–water partition coefficient (Wildman–Crippen LogP) is 3.37. The first-order valence-electron chi connectivity index (χ1n) is 5.93. The van der Waals surface area contributed by atoms with Gasteiger partial charge in [-0.05, 0) is 35.9 Å². The van der Waals surface area contributed by atoms with Gasteiger partial charge in [-0.15, -0.1) is 0 Å². The van der Waals surface area contributed by atoms with E-state index in [2.05, 4.69) is 0 Å². The number of aromatic carboxylic acids is 1. The number of sulfone groups is 1. The van der Waals surface area contributed by atoms with E-state index in [9.17, 15) is 18.3 Å². The zero-order chi connectivity index (χ0) is 16.5. The molecule has 0 saturated carbocycles. The highest BCUT2D eigenvalue weighted by Crippen LogP contribution is 2.26. The fraction of sp³-hybridized carbons (Fsp3) is 0.0714. The van der Waals surface area contributed by atoms with Crippen molar-refractivity contribution in [3.05, 3.63) is 57.6 Å². The molecule has 0 spiro atoms. The second kappa shape index (κ2) is 6.16. The largest absolute Gasteiger partial charge is 0.507 e. The van der Waals surface area contributed by atoms with Crippen molar-refractivity contribution in [2.75, 3.05) is 0 Å². The first-order valence-corrected chi connectivity index (χ1v) is 8.34. The monoisotopic (exact) mass is 360 g/mol. The third kappa shape index (κ3) is 3.71. The summed E-state index contributed by atoms with van der Waals surface area (Å²) in [6.07, 6.45) is 0. The lowest BCUT2D eigenvalue weighted by molar-refractivity contribution is 0.0693. The van der Waals surface area contributed by atoms with Gasteiger partial charge < -0.3 is 10.2 Å². The van der Waals surface area contributed by atoms with Crippen LogP contribution in [0.1, 0.15) is 15.9 Å². The van der Waals surface area contributed by atoms with Gasteiger partial charge in [-0.3, -0.25) is 0 Å². The molecule has 0 heterocycles. The standard InChI is InChI=1S/C14H10Cl2O5S/c15-9-4-10(16)6-11(5-9)22(20,21)7-8-1-2-12(14(18)19)13(17)3-8/h1-6,17H,7H2,(H,18,19). The van der Waals surface area contributed by atoms with E-state index in [1.165, 1.54) is 24.3 Å². The van der Waals surface area contributed by atoms with Crippen molar-refractivity contribution in [1.29, 1.82) is 0 Å². The smallest absolute Gasteiger partial charge is 0.339 e. The van der Waals surface area contributed by atoms with Gasteiger partial charge in [-0.1, -0.05) is 29.3 Å². The van der Waals surface area contributed by atoms with Gasteiger partial charge >= 0.3 is 5.97 Å². The Morgan fingerprint density at radius 2 is 1.64 bits per heavy atom. The third-order valence-electron chi connectivity index (χ3n) is 2.84. The Bertz CT molecular complexity index is 826. The Kier molecular flexibility index (Phi) is 4.65. The molecule has 0 atom stereocenters. The summed E-state index contributed by atoms with van der Waals surface area (Å²) in [6, 6.07) is 7.53. The number of phenols is 1. The van der Waals surface area contributed by atoms with E-state index < -0.39 is 27.3 Å². The molecule has 0 aliphatic carbocycles. The van der Waals surface area contributed by atoms with Gasteiger partial charge in [0.2, 0.25) is 0 Å². The predicted molar refractivity (Wildman–Crippen MR) is 82.4 cm³/mol. The number of benzene rings is 2. The molecule has 5 nitrogen and oxygen atoms in total. The average Bonchev–Trinajstić information content (AvgIpc) is 2.36.